The monoisotopic (exact) mass is 430 g/mol. The summed E-state index contributed by atoms with van der Waals surface area (Å²) < 4.78 is 31.1. The number of methoxy groups -OCH3 is 1. The molecule has 2 aromatic rings. The Hall–Kier alpha value is -1.96. The summed E-state index contributed by atoms with van der Waals surface area (Å²) in [5.74, 6) is -0.0512. The van der Waals surface area contributed by atoms with Crippen molar-refractivity contribution in [2.24, 2.45) is 0 Å². The molecule has 0 aliphatic rings. The maximum Gasteiger partial charge on any atom is 0.248 e. The fourth-order valence-corrected chi connectivity index (χ4v) is 4.19. The molecule has 9 heteroatoms. The standard InChI is InChI=1S/C18H20Cl2N2O4S/c1-4-16(18(23)21-13-7-5-12(19)6-8-13)22(27(3,24)25)14-9-10-17(26-2)15(20)11-14/h5-11,16H,4H2,1-3H3,(H,21,23)/t16-/m0/s1. The molecule has 0 saturated heterocycles. The van der Waals surface area contributed by atoms with Gasteiger partial charge < -0.3 is 10.1 Å². The number of nitrogens with one attached hydrogen (secondary N) is 1. The van der Waals surface area contributed by atoms with Crippen molar-refractivity contribution in [3.05, 3.63) is 52.5 Å². The zero-order chi connectivity index (χ0) is 20.2. The summed E-state index contributed by atoms with van der Waals surface area (Å²) in [6, 6.07) is 10.2. The van der Waals surface area contributed by atoms with Crippen LogP contribution in [0.2, 0.25) is 10.0 Å². The number of sulfonamides is 1. The van der Waals surface area contributed by atoms with Gasteiger partial charge in [0.15, 0.2) is 0 Å². The minimum absolute atomic E-state index is 0.247. The molecule has 0 heterocycles. The second kappa shape index (κ2) is 8.82. The van der Waals surface area contributed by atoms with Gasteiger partial charge in [-0.15, -0.1) is 0 Å². The smallest absolute Gasteiger partial charge is 0.248 e. The van der Waals surface area contributed by atoms with Crippen molar-refractivity contribution in [1.29, 1.82) is 0 Å². The largest absolute Gasteiger partial charge is 0.495 e. The molecule has 27 heavy (non-hydrogen) atoms. The molecule has 0 aromatic heterocycles. The lowest BCUT2D eigenvalue weighted by Gasteiger charge is -2.30. The number of nitrogens with zero attached hydrogens (tertiary/aromatic N) is 1. The summed E-state index contributed by atoms with van der Waals surface area (Å²) in [6.07, 6.45) is 1.31. The van der Waals surface area contributed by atoms with Gasteiger partial charge >= 0.3 is 0 Å². The molecule has 1 N–H and O–H groups in total. The van der Waals surface area contributed by atoms with Crippen LogP contribution in [0.15, 0.2) is 42.5 Å². The van der Waals surface area contributed by atoms with E-state index in [0.717, 1.165) is 10.6 Å². The van der Waals surface area contributed by atoms with Crippen LogP contribution >= 0.6 is 23.2 Å². The zero-order valence-corrected chi connectivity index (χ0v) is 17.4. The van der Waals surface area contributed by atoms with Crippen LogP contribution < -0.4 is 14.4 Å². The van der Waals surface area contributed by atoms with E-state index in [4.69, 9.17) is 27.9 Å². The molecule has 2 aromatic carbocycles. The van der Waals surface area contributed by atoms with Crippen LogP contribution in [-0.4, -0.2) is 33.7 Å². The molecular weight excluding hydrogens is 411 g/mol. The molecule has 1 amide bonds. The summed E-state index contributed by atoms with van der Waals surface area (Å²) in [4.78, 5) is 12.8. The van der Waals surface area contributed by atoms with Crippen molar-refractivity contribution < 1.29 is 17.9 Å². The van der Waals surface area contributed by atoms with Crippen molar-refractivity contribution in [2.45, 2.75) is 19.4 Å². The Morgan fingerprint density at radius 1 is 1.19 bits per heavy atom. The Balaban J connectivity index is 2.39. The van der Waals surface area contributed by atoms with Crippen LogP contribution in [0.5, 0.6) is 5.75 Å². The van der Waals surface area contributed by atoms with E-state index in [1.807, 2.05) is 0 Å². The quantitative estimate of drug-likeness (QED) is 0.714. The Bertz CT molecular complexity index is 917. The maximum atomic E-state index is 12.8. The highest BCUT2D eigenvalue weighted by atomic mass is 35.5. The van der Waals surface area contributed by atoms with Gasteiger partial charge in [0.2, 0.25) is 15.9 Å². The van der Waals surface area contributed by atoms with Gasteiger partial charge in [0.1, 0.15) is 11.8 Å². The topological polar surface area (TPSA) is 75.7 Å². The van der Waals surface area contributed by atoms with Gasteiger partial charge in [-0.25, -0.2) is 8.42 Å². The second-order valence-corrected chi connectivity index (χ2v) is 8.50. The number of ether oxygens (including phenoxy) is 1. The normalized spacial score (nSPS) is 12.3. The average molecular weight is 431 g/mol. The Kier molecular flexibility index (Phi) is 6.97. The molecule has 6 nitrogen and oxygen atoms in total. The number of carbonyl (C=O) groups is 1. The lowest BCUT2D eigenvalue weighted by Crippen LogP contribution is -2.47. The van der Waals surface area contributed by atoms with Crippen LogP contribution in [0.1, 0.15) is 13.3 Å². The highest BCUT2D eigenvalue weighted by Gasteiger charge is 2.32. The molecule has 0 aliphatic carbocycles. The van der Waals surface area contributed by atoms with Crippen LogP contribution in [0.4, 0.5) is 11.4 Å². The second-order valence-electron chi connectivity index (χ2n) is 5.80. The Morgan fingerprint density at radius 3 is 2.30 bits per heavy atom. The minimum Gasteiger partial charge on any atom is -0.495 e. The van der Waals surface area contributed by atoms with Crippen molar-refractivity contribution in [3.63, 3.8) is 0 Å². The molecule has 1 atom stereocenters. The first kappa shape index (κ1) is 21.3. The van der Waals surface area contributed by atoms with E-state index in [1.165, 1.54) is 13.2 Å². The fourth-order valence-electron chi connectivity index (χ4n) is 2.61. The summed E-state index contributed by atoms with van der Waals surface area (Å²) in [6.45, 7) is 1.73. The number of anilines is 2. The van der Waals surface area contributed by atoms with Crippen LogP contribution in [0, 0.1) is 0 Å². The van der Waals surface area contributed by atoms with E-state index < -0.39 is 22.0 Å². The predicted octanol–water partition coefficient (Wildman–Crippen LogP) is 4.19. The lowest BCUT2D eigenvalue weighted by atomic mass is 10.1. The first-order chi connectivity index (χ1) is 12.7. The molecule has 0 bridgehead atoms. The van der Waals surface area contributed by atoms with Gasteiger partial charge in [-0.05, 0) is 48.9 Å². The number of benzene rings is 2. The van der Waals surface area contributed by atoms with E-state index in [-0.39, 0.29) is 17.1 Å². The Labute approximate surface area is 169 Å². The average Bonchev–Trinajstić information content (AvgIpc) is 2.60. The highest BCUT2D eigenvalue weighted by molar-refractivity contribution is 7.92. The molecule has 0 fully saturated rings. The third-order valence-electron chi connectivity index (χ3n) is 3.83. The molecule has 0 unspecified atom stereocenters. The summed E-state index contributed by atoms with van der Waals surface area (Å²) >= 11 is 12.0. The molecule has 0 spiro atoms. The number of halogens is 2. The predicted molar refractivity (Wildman–Crippen MR) is 109 cm³/mol. The molecule has 2 rings (SSSR count). The van der Waals surface area contributed by atoms with E-state index in [2.05, 4.69) is 5.32 Å². The third kappa shape index (κ3) is 5.28. The highest BCUT2D eigenvalue weighted by Crippen LogP contribution is 2.32. The van der Waals surface area contributed by atoms with E-state index in [1.54, 1.807) is 43.3 Å². The van der Waals surface area contributed by atoms with Gasteiger partial charge in [-0.2, -0.15) is 0 Å². The number of rotatable bonds is 7. The van der Waals surface area contributed by atoms with Gasteiger partial charge in [0.05, 0.1) is 24.1 Å². The molecule has 146 valence electrons. The fraction of sp³-hybridized carbons (Fsp3) is 0.278. The van der Waals surface area contributed by atoms with E-state index in [0.29, 0.717) is 16.5 Å². The summed E-state index contributed by atoms with van der Waals surface area (Å²) in [5, 5.41) is 3.50. The van der Waals surface area contributed by atoms with Crippen molar-refractivity contribution >= 4 is 50.5 Å². The number of amides is 1. The molecule has 0 saturated carbocycles. The van der Waals surface area contributed by atoms with Gasteiger partial charge in [0, 0.05) is 10.7 Å². The first-order valence-corrected chi connectivity index (χ1v) is 10.7. The van der Waals surface area contributed by atoms with Gasteiger partial charge in [-0.3, -0.25) is 9.10 Å². The number of hydrogen-bond donors (Lipinski definition) is 1. The Morgan fingerprint density at radius 2 is 1.81 bits per heavy atom. The van der Waals surface area contributed by atoms with Gasteiger partial charge in [0.25, 0.3) is 0 Å². The maximum absolute atomic E-state index is 12.8. The number of carbonyl (C=O) groups excluding carboxylic acids is 1. The minimum atomic E-state index is -3.76. The van der Waals surface area contributed by atoms with Crippen LogP contribution in [0.25, 0.3) is 0 Å². The van der Waals surface area contributed by atoms with Gasteiger partial charge in [-0.1, -0.05) is 30.1 Å². The summed E-state index contributed by atoms with van der Waals surface area (Å²) in [5.41, 5.74) is 0.797. The summed E-state index contributed by atoms with van der Waals surface area (Å²) in [7, 11) is -2.30. The van der Waals surface area contributed by atoms with Crippen molar-refractivity contribution in [3.8, 4) is 5.75 Å². The zero-order valence-electron chi connectivity index (χ0n) is 15.1. The lowest BCUT2D eigenvalue weighted by molar-refractivity contribution is -0.117. The molecule has 0 radical (unpaired) electrons. The van der Waals surface area contributed by atoms with E-state index >= 15 is 0 Å². The van der Waals surface area contributed by atoms with Crippen molar-refractivity contribution in [2.75, 3.05) is 23.0 Å². The first-order valence-electron chi connectivity index (χ1n) is 8.06. The van der Waals surface area contributed by atoms with E-state index in [9.17, 15) is 13.2 Å². The molecule has 0 aliphatic heterocycles. The number of hydrogen-bond acceptors (Lipinski definition) is 4. The van der Waals surface area contributed by atoms with Crippen molar-refractivity contribution in [1.82, 2.24) is 0 Å². The molecular formula is C18H20Cl2N2O4S. The SMILES string of the molecule is CC[C@@H](C(=O)Nc1ccc(Cl)cc1)N(c1ccc(OC)c(Cl)c1)S(C)(=O)=O. The van der Waals surface area contributed by atoms with Crippen LogP contribution in [-0.2, 0) is 14.8 Å². The van der Waals surface area contributed by atoms with Crippen LogP contribution in [0.3, 0.4) is 0 Å². The third-order valence-corrected chi connectivity index (χ3v) is 5.56.